The summed E-state index contributed by atoms with van der Waals surface area (Å²) >= 11 is 0. The molecule has 0 radical (unpaired) electrons. The predicted octanol–water partition coefficient (Wildman–Crippen LogP) is -0.697. The fraction of sp³-hybridized carbons (Fsp3) is 0. The largest absolute Gasteiger partial charge is 0.364 e. The van der Waals surface area contributed by atoms with E-state index in [-0.39, 0.29) is 5.71 Å². The van der Waals surface area contributed by atoms with Crippen LogP contribution in [0.4, 0.5) is 0 Å². The Kier molecular flexibility index (Phi) is 1.35. The zero-order chi connectivity index (χ0) is 6.69. The van der Waals surface area contributed by atoms with Gasteiger partial charge in [0.25, 0.3) is 5.91 Å². The number of nitrogens with two attached hydrogens (primary N) is 1. The molecule has 1 aliphatic rings. The van der Waals surface area contributed by atoms with Crippen molar-refractivity contribution in [2.24, 2.45) is 10.9 Å². The molecule has 1 heterocycles. The maximum atomic E-state index is 10.3. The highest BCUT2D eigenvalue weighted by Crippen LogP contribution is 1.93. The Hall–Kier alpha value is -1.52. The van der Waals surface area contributed by atoms with E-state index in [1.54, 1.807) is 0 Å². The lowest BCUT2D eigenvalue weighted by Crippen LogP contribution is -2.22. The van der Waals surface area contributed by atoms with Crippen molar-refractivity contribution in [2.45, 2.75) is 0 Å². The Morgan fingerprint density at radius 1 is 1.78 bits per heavy atom. The Bertz CT molecular complexity index is 184. The first-order valence-electron chi connectivity index (χ1n) is 2.17. The molecule has 0 aromatic carbocycles. The summed E-state index contributed by atoms with van der Waals surface area (Å²) in [6.07, 6.45) is 2.49. The number of carbonyl (C=O) groups excluding carboxylic acids is 1. The highest BCUT2D eigenvalue weighted by molar-refractivity contribution is 6.42. The first kappa shape index (κ1) is 5.61. The van der Waals surface area contributed by atoms with Crippen molar-refractivity contribution in [3.8, 4) is 0 Å². The van der Waals surface area contributed by atoms with Gasteiger partial charge in [-0.2, -0.15) is 4.99 Å². The molecule has 0 spiro atoms. The van der Waals surface area contributed by atoms with Gasteiger partial charge in [0.1, 0.15) is 6.26 Å². The molecule has 0 aromatic heterocycles. The van der Waals surface area contributed by atoms with Crippen molar-refractivity contribution in [3.63, 3.8) is 0 Å². The minimum Gasteiger partial charge on any atom is -0.364 e. The van der Waals surface area contributed by atoms with Crippen molar-refractivity contribution < 1.29 is 14.7 Å². The van der Waals surface area contributed by atoms with Crippen LogP contribution in [0.25, 0.3) is 0 Å². The van der Waals surface area contributed by atoms with Crippen LogP contribution in [0.15, 0.2) is 17.5 Å². The second kappa shape index (κ2) is 2.17. The van der Waals surface area contributed by atoms with Gasteiger partial charge >= 0.3 is 0 Å². The van der Waals surface area contributed by atoms with Crippen molar-refractivity contribution in [3.05, 3.63) is 12.3 Å². The Morgan fingerprint density at radius 3 is 2.89 bits per heavy atom. The summed E-state index contributed by atoms with van der Waals surface area (Å²) in [5.74, 6) is -0.644. The van der Waals surface area contributed by atoms with E-state index >= 15 is 0 Å². The van der Waals surface area contributed by atoms with Crippen LogP contribution in [0.1, 0.15) is 0 Å². The lowest BCUT2D eigenvalue weighted by atomic mass is 10.3. The fourth-order valence-electron chi connectivity index (χ4n) is 0.336. The molecule has 1 rings (SSSR count). The van der Waals surface area contributed by atoms with Crippen LogP contribution < -0.4 is 5.73 Å². The van der Waals surface area contributed by atoms with Crippen LogP contribution in [0.5, 0.6) is 0 Å². The molecule has 5 heteroatoms. The van der Waals surface area contributed by atoms with Gasteiger partial charge in [-0.1, -0.05) is 0 Å². The number of primary amides is 1. The Labute approximate surface area is 50.6 Å². The van der Waals surface area contributed by atoms with Crippen molar-refractivity contribution >= 4 is 11.6 Å². The monoisotopic (exact) mass is 128 g/mol. The number of nitrogens with zero attached hydrogens (tertiary/aromatic N) is 1. The lowest BCUT2D eigenvalue weighted by Gasteiger charge is -1.99. The Morgan fingerprint density at radius 2 is 2.56 bits per heavy atom. The van der Waals surface area contributed by atoms with E-state index in [0.29, 0.717) is 0 Å². The van der Waals surface area contributed by atoms with E-state index in [0.717, 1.165) is 0 Å². The molecule has 0 saturated heterocycles. The highest BCUT2D eigenvalue weighted by Gasteiger charge is 2.06. The molecule has 2 N–H and O–H groups in total. The second-order valence-corrected chi connectivity index (χ2v) is 1.31. The smallest absolute Gasteiger partial charge is 0.271 e. The molecule has 48 valence electrons. The normalized spacial score (nSPS) is 15.3. The van der Waals surface area contributed by atoms with Gasteiger partial charge < -0.3 is 5.73 Å². The number of oxime groups is 1. The molecule has 0 saturated carbocycles. The van der Waals surface area contributed by atoms with Gasteiger partial charge in [-0.15, -0.1) is 0 Å². The third kappa shape index (κ3) is 1.18. The summed E-state index contributed by atoms with van der Waals surface area (Å²) in [6, 6.07) is 0. The van der Waals surface area contributed by atoms with E-state index in [1.165, 1.54) is 12.3 Å². The zero-order valence-electron chi connectivity index (χ0n) is 4.40. The summed E-state index contributed by atoms with van der Waals surface area (Å²) in [6.45, 7) is 0. The lowest BCUT2D eigenvalue weighted by molar-refractivity contribution is -0.251. The van der Waals surface area contributed by atoms with E-state index in [4.69, 9.17) is 5.73 Å². The standard InChI is InChI=1S/C4H4N2O3/c5-4(7)3-1-2-8-9-6-3/h1-2H,(H2,5,7). The quantitative estimate of drug-likeness (QED) is 0.474. The summed E-state index contributed by atoms with van der Waals surface area (Å²) in [4.78, 5) is 18.5. The third-order valence-electron chi connectivity index (χ3n) is 0.713. The summed E-state index contributed by atoms with van der Waals surface area (Å²) in [7, 11) is 0. The number of hydrogen-bond donors (Lipinski definition) is 1. The number of hydrogen-bond acceptors (Lipinski definition) is 4. The average molecular weight is 128 g/mol. The predicted molar refractivity (Wildman–Crippen MR) is 27.9 cm³/mol. The first-order chi connectivity index (χ1) is 4.30. The van der Waals surface area contributed by atoms with Crippen molar-refractivity contribution in [1.82, 2.24) is 0 Å². The number of amides is 1. The molecule has 5 nitrogen and oxygen atoms in total. The molecular formula is C4H4N2O3. The topological polar surface area (TPSA) is 73.9 Å². The summed E-state index contributed by atoms with van der Waals surface area (Å²) in [5.41, 5.74) is 4.85. The SMILES string of the molecule is NC(=O)C1=NOOC=C1. The first-order valence-corrected chi connectivity index (χ1v) is 2.17. The van der Waals surface area contributed by atoms with Gasteiger partial charge in [0.15, 0.2) is 5.71 Å². The van der Waals surface area contributed by atoms with Crippen LogP contribution in [-0.4, -0.2) is 11.6 Å². The van der Waals surface area contributed by atoms with E-state index < -0.39 is 5.91 Å². The maximum Gasteiger partial charge on any atom is 0.271 e. The molecule has 0 unspecified atom stereocenters. The van der Waals surface area contributed by atoms with E-state index in [1.807, 2.05) is 0 Å². The van der Waals surface area contributed by atoms with Crippen LogP contribution >= 0.6 is 0 Å². The number of rotatable bonds is 1. The van der Waals surface area contributed by atoms with Crippen LogP contribution in [0.3, 0.4) is 0 Å². The molecule has 1 aliphatic heterocycles. The molecule has 0 atom stereocenters. The summed E-state index contributed by atoms with van der Waals surface area (Å²) < 4.78 is 0. The molecule has 1 amide bonds. The average Bonchev–Trinajstić information content (AvgIpc) is 1.90. The van der Waals surface area contributed by atoms with E-state index in [2.05, 4.69) is 15.0 Å². The molecule has 0 aromatic rings. The van der Waals surface area contributed by atoms with Crippen LogP contribution in [0, 0.1) is 0 Å². The molecular weight excluding hydrogens is 124 g/mol. The fourth-order valence-corrected chi connectivity index (χ4v) is 0.336. The summed E-state index contributed by atoms with van der Waals surface area (Å²) in [5, 5.41) is 3.16. The van der Waals surface area contributed by atoms with Crippen LogP contribution in [-0.2, 0) is 14.7 Å². The zero-order valence-corrected chi connectivity index (χ0v) is 4.40. The van der Waals surface area contributed by atoms with E-state index in [9.17, 15) is 4.79 Å². The van der Waals surface area contributed by atoms with Crippen LogP contribution in [0.2, 0.25) is 0 Å². The second-order valence-electron chi connectivity index (χ2n) is 1.31. The van der Waals surface area contributed by atoms with Crippen molar-refractivity contribution in [1.29, 1.82) is 0 Å². The highest BCUT2D eigenvalue weighted by atomic mass is 17.3. The Balaban J connectivity index is 2.69. The molecule has 0 fully saturated rings. The van der Waals surface area contributed by atoms with Gasteiger partial charge in [-0.05, 0) is 5.16 Å². The van der Waals surface area contributed by atoms with Gasteiger partial charge in [0.05, 0.1) is 0 Å². The third-order valence-corrected chi connectivity index (χ3v) is 0.713. The molecule has 9 heavy (non-hydrogen) atoms. The number of carbonyl (C=O) groups is 1. The molecule has 0 bridgehead atoms. The molecule has 0 aliphatic carbocycles. The van der Waals surface area contributed by atoms with Gasteiger partial charge in [-0.25, -0.2) is 0 Å². The van der Waals surface area contributed by atoms with Gasteiger partial charge in [-0.3, -0.25) is 9.68 Å². The van der Waals surface area contributed by atoms with Gasteiger partial charge in [0.2, 0.25) is 0 Å². The van der Waals surface area contributed by atoms with Crippen molar-refractivity contribution in [2.75, 3.05) is 0 Å². The maximum absolute atomic E-state index is 10.3. The minimum absolute atomic E-state index is 0.0428. The minimum atomic E-state index is -0.644. The van der Waals surface area contributed by atoms with Gasteiger partial charge in [0, 0.05) is 6.08 Å².